The van der Waals surface area contributed by atoms with Crippen LogP contribution in [0.1, 0.15) is 240 Å². The van der Waals surface area contributed by atoms with Crippen LogP contribution in [0.5, 0.6) is 0 Å². The van der Waals surface area contributed by atoms with E-state index in [0.29, 0.717) is 26.4 Å². The lowest BCUT2D eigenvalue weighted by Crippen LogP contribution is -2.30. The van der Waals surface area contributed by atoms with Crippen LogP contribution in [-0.4, -0.2) is 86.8 Å². The second-order valence-corrected chi connectivity index (χ2v) is 18.0. The maximum atomic E-state index is 13.0. The summed E-state index contributed by atoms with van der Waals surface area (Å²) in [5.74, 6) is 0.176. The van der Waals surface area contributed by atoms with Gasteiger partial charge in [0.05, 0.1) is 37.3 Å². The molecule has 1 fully saturated rings. The first-order valence-corrected chi connectivity index (χ1v) is 25.9. The molecule has 1 saturated heterocycles. The Morgan fingerprint density at radius 3 is 1.15 bits per heavy atom. The molecule has 0 aromatic rings. The number of likely N-dealkylation sites (tertiary alicyclic amines) is 1. The molecule has 0 aliphatic carbocycles. The van der Waals surface area contributed by atoms with E-state index in [1.165, 1.54) is 103 Å². The number of ether oxygens (including phenoxy) is 4. The third kappa shape index (κ3) is 32.2. The zero-order valence-electron chi connectivity index (χ0n) is 39.6. The number of hydrogen-bond acceptors (Lipinski definition) is 8. The van der Waals surface area contributed by atoms with Crippen LogP contribution in [0.25, 0.3) is 0 Å². The summed E-state index contributed by atoms with van der Waals surface area (Å²) >= 11 is 0. The summed E-state index contributed by atoms with van der Waals surface area (Å²) in [6, 6.07) is 0. The van der Waals surface area contributed by atoms with Crippen LogP contribution in [-0.2, 0) is 28.5 Å². The van der Waals surface area contributed by atoms with E-state index in [9.17, 15) is 14.7 Å². The number of aliphatic hydroxyl groups is 1. The molecule has 0 aromatic carbocycles. The number of carbonyl (C=O) groups excluding carboxylic acids is 2. The largest absolute Gasteiger partial charge is 0.465 e. The third-order valence-corrected chi connectivity index (χ3v) is 12.4. The minimum Gasteiger partial charge on any atom is -0.465 e. The van der Waals surface area contributed by atoms with Gasteiger partial charge in [-0.05, 0) is 90.0 Å². The minimum atomic E-state index is 0.0259. The van der Waals surface area contributed by atoms with Gasteiger partial charge < -0.3 is 24.1 Å². The standard InChI is InChI=1S/C51H99NO7/c1-5-9-13-17-19-26-36-46(34-24-15-11-7-3)50(54)58-42-32-22-30-40-56-48-44-52(38-28-21-29-39-53)45-49(48)57-41-31-23-33-43-59-51(55)47(35-25-16-12-8-4)37-27-20-18-14-10-6-2/h46-49,53H,5-45H2,1-4H3/t46?,47?,48-,49+. The van der Waals surface area contributed by atoms with Gasteiger partial charge in [-0.2, -0.15) is 0 Å². The molecule has 4 atom stereocenters. The van der Waals surface area contributed by atoms with E-state index in [1.807, 2.05) is 0 Å². The predicted octanol–water partition coefficient (Wildman–Crippen LogP) is 13.3. The van der Waals surface area contributed by atoms with E-state index in [2.05, 4.69) is 32.6 Å². The number of rotatable bonds is 45. The summed E-state index contributed by atoms with van der Waals surface area (Å²) in [6.07, 6.45) is 37.3. The average molecular weight is 838 g/mol. The first-order valence-electron chi connectivity index (χ1n) is 25.9. The summed E-state index contributed by atoms with van der Waals surface area (Å²) < 4.78 is 24.6. The quantitative estimate of drug-likeness (QED) is 0.0479. The number of hydrogen-bond donors (Lipinski definition) is 1. The van der Waals surface area contributed by atoms with Crippen LogP contribution in [0.3, 0.4) is 0 Å². The van der Waals surface area contributed by atoms with Gasteiger partial charge in [0.2, 0.25) is 0 Å². The van der Waals surface area contributed by atoms with E-state index in [4.69, 9.17) is 18.9 Å². The van der Waals surface area contributed by atoms with Crippen molar-refractivity contribution in [1.82, 2.24) is 4.90 Å². The van der Waals surface area contributed by atoms with E-state index in [0.717, 1.165) is 129 Å². The van der Waals surface area contributed by atoms with Crippen molar-refractivity contribution in [2.75, 3.05) is 52.7 Å². The van der Waals surface area contributed by atoms with Gasteiger partial charge in [-0.15, -0.1) is 0 Å². The van der Waals surface area contributed by atoms with E-state index in [-0.39, 0.29) is 42.6 Å². The molecule has 8 nitrogen and oxygen atoms in total. The Bertz CT molecular complexity index is 853. The van der Waals surface area contributed by atoms with Gasteiger partial charge in [-0.1, -0.05) is 156 Å². The maximum absolute atomic E-state index is 13.0. The van der Waals surface area contributed by atoms with Gasteiger partial charge in [0, 0.05) is 32.9 Å². The molecule has 1 aliphatic rings. The van der Waals surface area contributed by atoms with Crippen molar-refractivity contribution in [2.45, 2.75) is 252 Å². The van der Waals surface area contributed by atoms with Crippen LogP contribution in [0.4, 0.5) is 0 Å². The Kier molecular flexibility index (Phi) is 39.8. The second kappa shape index (κ2) is 42.1. The molecule has 0 radical (unpaired) electrons. The fourth-order valence-electron chi connectivity index (χ4n) is 8.49. The molecule has 1 aliphatic heterocycles. The molecule has 1 heterocycles. The Balaban J connectivity index is 2.42. The number of carbonyl (C=O) groups is 2. The smallest absolute Gasteiger partial charge is 0.308 e. The first-order chi connectivity index (χ1) is 29.0. The monoisotopic (exact) mass is 838 g/mol. The molecule has 8 heteroatoms. The first kappa shape index (κ1) is 55.8. The Labute approximate surface area is 365 Å². The van der Waals surface area contributed by atoms with Crippen LogP contribution in [0.15, 0.2) is 0 Å². The van der Waals surface area contributed by atoms with Crippen molar-refractivity contribution in [3.63, 3.8) is 0 Å². The van der Waals surface area contributed by atoms with Crippen LogP contribution in [0.2, 0.25) is 0 Å². The van der Waals surface area contributed by atoms with Crippen molar-refractivity contribution in [1.29, 1.82) is 0 Å². The van der Waals surface area contributed by atoms with Crippen molar-refractivity contribution < 1.29 is 33.6 Å². The highest BCUT2D eigenvalue weighted by molar-refractivity contribution is 5.72. The fourth-order valence-corrected chi connectivity index (χ4v) is 8.49. The summed E-state index contributed by atoms with van der Waals surface area (Å²) in [4.78, 5) is 28.5. The molecular weight excluding hydrogens is 739 g/mol. The molecule has 1 rings (SSSR count). The summed E-state index contributed by atoms with van der Waals surface area (Å²) in [7, 11) is 0. The van der Waals surface area contributed by atoms with E-state index >= 15 is 0 Å². The SMILES string of the molecule is CCCCCCCCC(CCCCCC)C(=O)OCCCCCO[C@H]1CN(CCCCCO)C[C@H]1OCCCCCOC(=O)C(CCCCCC)CCCCCCCC. The summed E-state index contributed by atoms with van der Waals surface area (Å²) in [5, 5.41) is 9.21. The van der Waals surface area contributed by atoms with Gasteiger partial charge in [-0.3, -0.25) is 14.5 Å². The highest BCUT2D eigenvalue weighted by Gasteiger charge is 2.34. The van der Waals surface area contributed by atoms with Crippen LogP contribution in [0, 0.1) is 11.8 Å². The predicted molar refractivity (Wildman–Crippen MR) is 247 cm³/mol. The third-order valence-electron chi connectivity index (χ3n) is 12.4. The van der Waals surface area contributed by atoms with E-state index in [1.54, 1.807) is 0 Å². The highest BCUT2D eigenvalue weighted by Crippen LogP contribution is 2.23. The Hall–Kier alpha value is -1.22. The summed E-state index contributed by atoms with van der Waals surface area (Å²) in [5.41, 5.74) is 0. The number of esters is 2. The van der Waals surface area contributed by atoms with Gasteiger partial charge in [-0.25, -0.2) is 0 Å². The molecule has 350 valence electrons. The molecule has 0 spiro atoms. The Morgan fingerprint density at radius 2 is 0.763 bits per heavy atom. The van der Waals surface area contributed by atoms with Gasteiger partial charge >= 0.3 is 11.9 Å². The molecule has 1 N–H and O–H groups in total. The lowest BCUT2D eigenvalue weighted by molar-refractivity contribution is -0.150. The van der Waals surface area contributed by atoms with E-state index < -0.39 is 0 Å². The Morgan fingerprint density at radius 1 is 0.441 bits per heavy atom. The molecule has 0 amide bonds. The normalized spacial score (nSPS) is 16.8. The minimum absolute atomic E-state index is 0.0259. The van der Waals surface area contributed by atoms with Gasteiger partial charge in [0.1, 0.15) is 0 Å². The lowest BCUT2D eigenvalue weighted by Gasteiger charge is -2.20. The van der Waals surface area contributed by atoms with Crippen LogP contribution < -0.4 is 0 Å². The lowest BCUT2D eigenvalue weighted by atomic mass is 9.94. The maximum Gasteiger partial charge on any atom is 0.308 e. The number of nitrogens with zero attached hydrogens (tertiary/aromatic N) is 1. The van der Waals surface area contributed by atoms with Crippen molar-refractivity contribution in [3.8, 4) is 0 Å². The zero-order valence-corrected chi connectivity index (χ0v) is 39.6. The van der Waals surface area contributed by atoms with Crippen LogP contribution >= 0.6 is 0 Å². The van der Waals surface area contributed by atoms with Gasteiger partial charge in [0.25, 0.3) is 0 Å². The molecule has 0 bridgehead atoms. The van der Waals surface area contributed by atoms with Crippen molar-refractivity contribution in [2.24, 2.45) is 11.8 Å². The summed E-state index contributed by atoms with van der Waals surface area (Å²) in [6.45, 7) is 14.4. The van der Waals surface area contributed by atoms with Gasteiger partial charge in [0.15, 0.2) is 0 Å². The fraction of sp³-hybridized carbons (Fsp3) is 0.961. The number of aliphatic hydroxyl groups excluding tert-OH is 1. The second-order valence-electron chi connectivity index (χ2n) is 18.0. The average Bonchev–Trinajstić information content (AvgIpc) is 3.63. The molecule has 59 heavy (non-hydrogen) atoms. The van der Waals surface area contributed by atoms with Crippen molar-refractivity contribution >= 4 is 11.9 Å². The zero-order chi connectivity index (χ0) is 42.9. The molecular formula is C51H99NO7. The number of unbranched alkanes of at least 4 members (excludes halogenated alkanes) is 22. The highest BCUT2D eigenvalue weighted by atomic mass is 16.5. The van der Waals surface area contributed by atoms with Crippen molar-refractivity contribution in [3.05, 3.63) is 0 Å². The molecule has 0 saturated carbocycles. The topological polar surface area (TPSA) is 94.5 Å². The molecule has 2 unspecified atom stereocenters. The molecule has 0 aromatic heterocycles.